The van der Waals surface area contributed by atoms with Gasteiger partial charge in [0.2, 0.25) is 0 Å². The van der Waals surface area contributed by atoms with E-state index in [4.69, 9.17) is 4.74 Å². The lowest BCUT2D eigenvalue weighted by Gasteiger charge is -2.64. The van der Waals surface area contributed by atoms with Gasteiger partial charge in [-0.1, -0.05) is 27.7 Å². The number of ether oxygens (including phenoxy) is 1. The van der Waals surface area contributed by atoms with Crippen LogP contribution in [-0.2, 0) is 13.0 Å². The Hall–Kier alpha value is -1.63. The summed E-state index contributed by atoms with van der Waals surface area (Å²) in [6, 6.07) is 1.45. The molecule has 1 aromatic rings. The van der Waals surface area contributed by atoms with Crippen LogP contribution in [0.4, 0.5) is 0 Å². The monoisotopic (exact) mass is 404 g/mol. The number of aliphatic hydroxyl groups is 3. The van der Waals surface area contributed by atoms with Crippen LogP contribution in [0.25, 0.3) is 0 Å². The number of phenolic OH excluding ortho intramolecular Hbond substituents is 1. The van der Waals surface area contributed by atoms with Crippen molar-refractivity contribution in [2.24, 2.45) is 22.7 Å². The van der Waals surface area contributed by atoms with E-state index in [-0.39, 0.29) is 29.8 Å². The van der Waals surface area contributed by atoms with Crippen molar-refractivity contribution in [1.82, 2.24) is 0 Å². The predicted octanol–water partition coefficient (Wildman–Crippen LogP) is 2.57. The average Bonchev–Trinajstić information content (AvgIpc) is 3.07. The molecule has 1 aliphatic heterocycles. The highest BCUT2D eigenvalue weighted by atomic mass is 16.5. The van der Waals surface area contributed by atoms with E-state index in [1.807, 2.05) is 13.8 Å². The van der Waals surface area contributed by atoms with Crippen LogP contribution in [-0.4, -0.2) is 44.5 Å². The summed E-state index contributed by atoms with van der Waals surface area (Å²) in [4.78, 5) is 11.8. The van der Waals surface area contributed by atoms with Crippen LogP contribution in [0.1, 0.15) is 68.4 Å². The van der Waals surface area contributed by atoms with Crippen molar-refractivity contribution in [2.75, 3.05) is 0 Å². The summed E-state index contributed by atoms with van der Waals surface area (Å²) in [6.07, 6.45) is 1.65. The van der Waals surface area contributed by atoms with Gasteiger partial charge in [0, 0.05) is 17.4 Å². The highest BCUT2D eigenvalue weighted by Gasteiger charge is 2.68. The fraction of sp³-hybridized carbons (Fsp3) is 0.696. The van der Waals surface area contributed by atoms with Gasteiger partial charge in [0.1, 0.15) is 17.1 Å². The lowest BCUT2D eigenvalue weighted by Crippen LogP contribution is -2.69. The Labute approximate surface area is 171 Å². The molecule has 2 fully saturated rings. The molecule has 6 atom stereocenters. The molecule has 4 N–H and O–H groups in total. The van der Waals surface area contributed by atoms with Crippen molar-refractivity contribution in [3.8, 4) is 11.5 Å². The van der Waals surface area contributed by atoms with Crippen molar-refractivity contribution >= 4 is 6.29 Å². The smallest absolute Gasteiger partial charge is 0.154 e. The molecule has 6 nitrogen and oxygen atoms in total. The molecule has 3 aliphatic rings. The predicted molar refractivity (Wildman–Crippen MR) is 107 cm³/mol. The van der Waals surface area contributed by atoms with Gasteiger partial charge in [-0.3, -0.25) is 4.79 Å². The van der Waals surface area contributed by atoms with Crippen LogP contribution in [0.2, 0.25) is 0 Å². The minimum absolute atomic E-state index is 0.0279. The van der Waals surface area contributed by atoms with E-state index >= 15 is 0 Å². The van der Waals surface area contributed by atoms with Gasteiger partial charge in [-0.25, -0.2) is 0 Å². The van der Waals surface area contributed by atoms with Crippen LogP contribution < -0.4 is 4.74 Å². The van der Waals surface area contributed by atoms with E-state index in [0.29, 0.717) is 36.0 Å². The number of hydrogen-bond acceptors (Lipinski definition) is 6. The Bertz CT molecular complexity index is 848. The number of rotatable bonds is 2. The second kappa shape index (κ2) is 6.43. The van der Waals surface area contributed by atoms with E-state index in [2.05, 4.69) is 13.8 Å². The molecule has 0 saturated heterocycles. The third kappa shape index (κ3) is 2.49. The zero-order valence-corrected chi connectivity index (χ0v) is 17.6. The third-order valence-electron chi connectivity index (χ3n) is 8.57. The molecule has 0 amide bonds. The maximum Gasteiger partial charge on any atom is 0.154 e. The topological polar surface area (TPSA) is 107 Å². The zero-order chi connectivity index (χ0) is 21.4. The molecule has 160 valence electrons. The van der Waals surface area contributed by atoms with Crippen molar-refractivity contribution in [3.05, 3.63) is 22.8 Å². The van der Waals surface area contributed by atoms with Crippen LogP contribution in [0.3, 0.4) is 0 Å². The summed E-state index contributed by atoms with van der Waals surface area (Å²) < 4.78 is 6.65. The molecule has 0 unspecified atom stereocenters. The fourth-order valence-electron chi connectivity index (χ4n) is 6.96. The van der Waals surface area contributed by atoms with Crippen molar-refractivity contribution in [1.29, 1.82) is 0 Å². The largest absolute Gasteiger partial charge is 0.508 e. The van der Waals surface area contributed by atoms with E-state index in [1.54, 1.807) is 0 Å². The van der Waals surface area contributed by atoms with Crippen LogP contribution in [0.15, 0.2) is 6.07 Å². The summed E-state index contributed by atoms with van der Waals surface area (Å²) in [5.74, 6) is 0.625. The number of aliphatic hydroxyl groups excluding tert-OH is 3. The van der Waals surface area contributed by atoms with Crippen LogP contribution in [0, 0.1) is 22.7 Å². The van der Waals surface area contributed by atoms with Gasteiger partial charge in [0.05, 0.1) is 24.4 Å². The zero-order valence-electron chi connectivity index (χ0n) is 17.6. The first-order valence-electron chi connectivity index (χ1n) is 10.5. The Morgan fingerprint density at radius 1 is 1.24 bits per heavy atom. The summed E-state index contributed by atoms with van der Waals surface area (Å²) in [5, 5.41) is 41.8. The van der Waals surface area contributed by atoms with Gasteiger partial charge in [-0.2, -0.15) is 0 Å². The molecule has 1 heterocycles. The van der Waals surface area contributed by atoms with E-state index in [1.165, 1.54) is 6.07 Å². The molecule has 6 heteroatoms. The summed E-state index contributed by atoms with van der Waals surface area (Å²) >= 11 is 0. The number of phenols is 1. The summed E-state index contributed by atoms with van der Waals surface area (Å²) in [5.41, 5.74) is -0.443. The maximum absolute atomic E-state index is 11.8. The molecule has 4 rings (SSSR count). The van der Waals surface area contributed by atoms with E-state index in [0.717, 1.165) is 12.8 Å². The first kappa shape index (κ1) is 20.6. The highest BCUT2D eigenvalue weighted by molar-refractivity contribution is 5.84. The van der Waals surface area contributed by atoms with Crippen molar-refractivity contribution in [2.45, 2.75) is 77.8 Å². The summed E-state index contributed by atoms with van der Waals surface area (Å²) in [7, 11) is 0. The number of hydrogen-bond donors (Lipinski definition) is 4. The molecule has 29 heavy (non-hydrogen) atoms. The van der Waals surface area contributed by atoms with Gasteiger partial charge < -0.3 is 25.2 Å². The first-order valence-corrected chi connectivity index (χ1v) is 10.5. The average molecular weight is 405 g/mol. The van der Waals surface area contributed by atoms with Gasteiger partial charge in [0.25, 0.3) is 0 Å². The molecule has 2 saturated carbocycles. The maximum atomic E-state index is 11.8. The lowest BCUT2D eigenvalue weighted by atomic mass is 9.43. The minimum Gasteiger partial charge on any atom is -0.508 e. The number of carbonyl (C=O) groups excluding carboxylic acids is 1. The molecule has 0 aromatic heterocycles. The van der Waals surface area contributed by atoms with Gasteiger partial charge >= 0.3 is 0 Å². The third-order valence-corrected chi connectivity index (χ3v) is 8.57. The van der Waals surface area contributed by atoms with Gasteiger partial charge in [0.15, 0.2) is 6.29 Å². The molecular weight excluding hydrogens is 372 g/mol. The van der Waals surface area contributed by atoms with Crippen LogP contribution >= 0.6 is 0 Å². The Morgan fingerprint density at radius 3 is 2.55 bits per heavy atom. The lowest BCUT2D eigenvalue weighted by molar-refractivity contribution is -0.240. The SMILES string of the molecule is C[C@@H]1CC[C@@H]2C(C)(C)[C@H](O)[C@H](O)C[C@@]2(C)[C@]12Cc1c(O)cc(CO)c(C=O)c1O2. The number of carbonyl (C=O) groups is 1. The molecule has 1 aromatic carbocycles. The number of fused-ring (bicyclic) bond motifs is 3. The quantitative estimate of drug-likeness (QED) is 0.565. The second-order valence-corrected chi connectivity index (χ2v) is 10.2. The minimum atomic E-state index is -0.868. The van der Waals surface area contributed by atoms with E-state index in [9.17, 15) is 25.2 Å². The van der Waals surface area contributed by atoms with Crippen molar-refractivity contribution < 1.29 is 30.0 Å². The summed E-state index contributed by atoms with van der Waals surface area (Å²) in [6.45, 7) is 7.90. The Morgan fingerprint density at radius 2 is 1.93 bits per heavy atom. The molecule has 2 aliphatic carbocycles. The fourth-order valence-corrected chi connectivity index (χ4v) is 6.96. The normalized spacial score (nSPS) is 40.2. The Kier molecular flexibility index (Phi) is 4.58. The second-order valence-electron chi connectivity index (χ2n) is 10.2. The van der Waals surface area contributed by atoms with Gasteiger partial charge in [-0.05, 0) is 48.1 Å². The number of aldehydes is 1. The molecule has 1 spiro atoms. The van der Waals surface area contributed by atoms with E-state index < -0.39 is 28.6 Å². The standard InChI is InChI=1S/C23H32O6/c1-12-5-6-18-21(2,3)20(28)17(27)9-22(18,4)23(12)8-14-16(26)7-13(10-24)15(11-25)19(14)29-23/h7,11-12,17-18,20,24,26-28H,5-6,8-10H2,1-4H3/t12-,17-,18-,20-,22-,23+/m1/s1. The number of aromatic hydroxyl groups is 1. The number of benzene rings is 1. The highest BCUT2D eigenvalue weighted by Crippen LogP contribution is 2.66. The molecule has 0 radical (unpaired) electrons. The molecule has 0 bridgehead atoms. The van der Waals surface area contributed by atoms with Gasteiger partial charge in [-0.15, -0.1) is 0 Å². The Balaban J connectivity index is 1.89. The van der Waals surface area contributed by atoms with Crippen molar-refractivity contribution in [3.63, 3.8) is 0 Å². The first-order chi connectivity index (χ1) is 13.5. The molecular formula is C23H32O6. The van der Waals surface area contributed by atoms with Crippen LogP contribution in [0.5, 0.6) is 11.5 Å².